The molecule has 0 saturated heterocycles. The molecule has 13 heteroatoms. The largest absolute Gasteiger partial charge is 0.456 e. The highest BCUT2D eigenvalue weighted by molar-refractivity contribution is 7.00. The fourth-order valence-corrected chi connectivity index (χ4v) is 9.46. The number of rotatable bonds is 25. The number of carbonyl (C=O) groups excluding carboxylic acids is 1. The van der Waals surface area contributed by atoms with Gasteiger partial charge in [-0.15, -0.1) is 0 Å². The van der Waals surface area contributed by atoms with Gasteiger partial charge in [0.25, 0.3) is 0 Å². The number of hydrogen-bond donors (Lipinski definition) is 5. The van der Waals surface area contributed by atoms with E-state index in [2.05, 4.69) is 35.7 Å². The summed E-state index contributed by atoms with van der Waals surface area (Å²) in [5.41, 5.74) is 0. The van der Waals surface area contributed by atoms with E-state index in [1.165, 1.54) is 75.5 Å². The Kier molecular flexibility index (Phi) is 22.9. The number of esters is 1. The van der Waals surface area contributed by atoms with Crippen LogP contribution in [0.25, 0.3) is 0 Å². The van der Waals surface area contributed by atoms with Gasteiger partial charge in [-0.25, -0.2) is 13.8 Å². The Hall–Kier alpha value is -3.33. The minimum atomic E-state index is -2.22. The SMILES string of the molecule is CCCCCCCC/C=C\CCCCCCC(C)C(=O)O[C@@H]([C@H](O)[C@@H](O)CO)[C@H](O)CO.C[Si](Cn1cncn1)(c1ccc(F)cc1)c1ccc(F)cc1. The highest BCUT2D eigenvalue weighted by Crippen LogP contribution is 2.18. The second-order valence-corrected chi connectivity index (χ2v) is 18.4. The van der Waals surface area contributed by atoms with Crippen molar-refractivity contribution in [3.05, 3.63) is 85.0 Å². The fraction of sp³-hybridized carbons (Fsp3) is 0.585. The molecule has 0 aliphatic rings. The third kappa shape index (κ3) is 17.0. The van der Waals surface area contributed by atoms with E-state index in [1.807, 2.05) is 24.3 Å². The quantitative estimate of drug-likeness (QED) is 0.0336. The van der Waals surface area contributed by atoms with E-state index in [0.717, 1.165) is 42.5 Å². The molecule has 1 heterocycles. The highest BCUT2D eigenvalue weighted by Gasteiger charge is 2.36. The summed E-state index contributed by atoms with van der Waals surface area (Å²) < 4.78 is 33.4. The van der Waals surface area contributed by atoms with Crippen LogP contribution >= 0.6 is 0 Å². The van der Waals surface area contributed by atoms with Gasteiger partial charge in [0, 0.05) is 6.17 Å². The zero-order valence-electron chi connectivity index (χ0n) is 32.3. The van der Waals surface area contributed by atoms with Crippen molar-refractivity contribution in [3.8, 4) is 0 Å². The molecule has 0 radical (unpaired) electrons. The third-order valence-corrected chi connectivity index (χ3v) is 13.9. The number of aromatic nitrogens is 3. The second kappa shape index (κ2) is 26.5. The molecule has 1 unspecified atom stereocenters. The van der Waals surface area contributed by atoms with Crippen LogP contribution in [0.1, 0.15) is 97.3 Å². The van der Waals surface area contributed by atoms with Crippen LogP contribution in [0.15, 0.2) is 73.3 Å². The van der Waals surface area contributed by atoms with E-state index in [0.29, 0.717) is 12.6 Å². The number of carbonyl (C=O) groups is 1. The number of benzene rings is 2. The van der Waals surface area contributed by atoms with Crippen molar-refractivity contribution in [3.63, 3.8) is 0 Å². The molecule has 3 rings (SSSR count). The van der Waals surface area contributed by atoms with Crippen molar-refractivity contribution in [2.45, 2.75) is 134 Å². The Balaban J connectivity index is 0.000000396. The maximum Gasteiger partial charge on any atom is 0.309 e. The number of nitrogens with zero attached hydrogens (tertiary/aromatic N) is 3. The molecule has 5 atom stereocenters. The predicted molar refractivity (Wildman–Crippen MR) is 210 cm³/mol. The van der Waals surface area contributed by atoms with Gasteiger partial charge < -0.3 is 30.3 Å². The van der Waals surface area contributed by atoms with Gasteiger partial charge in [-0.05, 0) is 56.4 Å². The normalized spacial score (nSPS) is 14.6. The number of unbranched alkanes of at least 4 members (excludes halogenated alkanes) is 10. The summed E-state index contributed by atoms with van der Waals surface area (Å²) in [6, 6.07) is 13.1. The molecular formula is C41H63F2N3O7Si. The van der Waals surface area contributed by atoms with Gasteiger partial charge in [-0.1, -0.05) is 119 Å². The molecule has 0 aliphatic carbocycles. The molecule has 3 aromatic rings. The lowest BCUT2D eigenvalue weighted by molar-refractivity contribution is -0.180. The van der Waals surface area contributed by atoms with Gasteiger partial charge in [-0.3, -0.25) is 9.48 Å². The minimum absolute atomic E-state index is 0.264. The van der Waals surface area contributed by atoms with Crippen LogP contribution in [-0.2, 0) is 15.7 Å². The summed E-state index contributed by atoms with van der Waals surface area (Å²) in [6.45, 7) is 4.62. The van der Waals surface area contributed by atoms with Crippen LogP contribution in [-0.4, -0.2) is 92.0 Å². The van der Waals surface area contributed by atoms with Crippen LogP contribution in [0, 0.1) is 17.6 Å². The number of ether oxygens (including phenoxy) is 1. The zero-order chi connectivity index (χ0) is 39.8. The van der Waals surface area contributed by atoms with Crippen molar-refractivity contribution in [2.75, 3.05) is 13.2 Å². The summed E-state index contributed by atoms with van der Waals surface area (Å²) >= 11 is 0. The summed E-state index contributed by atoms with van der Waals surface area (Å²) in [4.78, 5) is 16.3. The number of allylic oxidation sites excluding steroid dienone is 2. The molecule has 302 valence electrons. The maximum atomic E-state index is 13.2. The van der Waals surface area contributed by atoms with Gasteiger partial charge >= 0.3 is 5.97 Å². The Morgan fingerprint density at radius 3 is 1.78 bits per heavy atom. The fourth-order valence-electron chi connectivity index (χ4n) is 6.14. The van der Waals surface area contributed by atoms with Crippen molar-refractivity contribution in [1.29, 1.82) is 0 Å². The minimum Gasteiger partial charge on any atom is -0.456 e. The average Bonchev–Trinajstić information content (AvgIpc) is 3.69. The molecule has 0 fully saturated rings. The monoisotopic (exact) mass is 775 g/mol. The third-order valence-electron chi connectivity index (χ3n) is 9.70. The number of aliphatic hydroxyl groups is 5. The number of hydrogen-bond acceptors (Lipinski definition) is 9. The molecule has 0 aliphatic heterocycles. The molecule has 0 bridgehead atoms. The Bertz CT molecular complexity index is 1390. The second-order valence-electron chi connectivity index (χ2n) is 14.3. The first-order valence-electron chi connectivity index (χ1n) is 19.4. The van der Waals surface area contributed by atoms with E-state index >= 15 is 0 Å². The molecule has 5 N–H and O–H groups in total. The molecule has 0 amide bonds. The predicted octanol–water partition coefficient (Wildman–Crippen LogP) is 5.24. The van der Waals surface area contributed by atoms with Crippen molar-refractivity contribution >= 4 is 24.4 Å². The smallest absolute Gasteiger partial charge is 0.309 e. The van der Waals surface area contributed by atoms with Gasteiger partial charge in [0.05, 0.1) is 19.1 Å². The summed E-state index contributed by atoms with van der Waals surface area (Å²) in [5.74, 6) is -1.57. The highest BCUT2D eigenvalue weighted by atomic mass is 28.3. The Morgan fingerprint density at radius 1 is 0.796 bits per heavy atom. The van der Waals surface area contributed by atoms with Gasteiger partial charge in [-0.2, -0.15) is 5.10 Å². The van der Waals surface area contributed by atoms with Crippen molar-refractivity contribution < 1.29 is 43.8 Å². The van der Waals surface area contributed by atoms with E-state index < -0.39 is 57.6 Å². The first-order chi connectivity index (χ1) is 26.0. The van der Waals surface area contributed by atoms with Crippen LogP contribution in [0.4, 0.5) is 8.78 Å². The lowest BCUT2D eigenvalue weighted by Crippen LogP contribution is -2.59. The first kappa shape index (κ1) is 46.8. The van der Waals surface area contributed by atoms with Gasteiger partial charge in [0.2, 0.25) is 0 Å². The Labute approximate surface area is 321 Å². The maximum absolute atomic E-state index is 13.2. The average molecular weight is 776 g/mol. The first-order valence-corrected chi connectivity index (χ1v) is 22.1. The van der Waals surface area contributed by atoms with E-state index in [-0.39, 0.29) is 11.6 Å². The molecule has 54 heavy (non-hydrogen) atoms. The molecule has 0 spiro atoms. The van der Waals surface area contributed by atoms with E-state index in [9.17, 15) is 28.9 Å². The number of halogens is 2. The zero-order valence-corrected chi connectivity index (χ0v) is 33.3. The summed E-state index contributed by atoms with van der Waals surface area (Å²) in [7, 11) is -2.22. The molecular weight excluding hydrogens is 713 g/mol. The van der Waals surface area contributed by atoms with Gasteiger partial charge in [0.15, 0.2) is 6.10 Å². The van der Waals surface area contributed by atoms with Crippen LogP contribution in [0.5, 0.6) is 0 Å². The molecule has 0 saturated carbocycles. The molecule has 10 nitrogen and oxygen atoms in total. The van der Waals surface area contributed by atoms with Crippen LogP contribution in [0.2, 0.25) is 6.55 Å². The lowest BCUT2D eigenvalue weighted by Gasteiger charge is -2.29. The van der Waals surface area contributed by atoms with Crippen LogP contribution < -0.4 is 10.4 Å². The van der Waals surface area contributed by atoms with Crippen molar-refractivity contribution in [1.82, 2.24) is 14.8 Å². The van der Waals surface area contributed by atoms with E-state index in [4.69, 9.17) is 14.9 Å². The molecule has 2 aromatic carbocycles. The lowest BCUT2D eigenvalue weighted by atomic mass is 10.0. The molecule has 1 aromatic heterocycles. The summed E-state index contributed by atoms with van der Waals surface area (Å²) in [6.07, 6.45) is 17.0. The Morgan fingerprint density at radius 2 is 1.30 bits per heavy atom. The van der Waals surface area contributed by atoms with Crippen LogP contribution in [0.3, 0.4) is 0 Å². The number of aliphatic hydroxyl groups excluding tert-OH is 5. The van der Waals surface area contributed by atoms with Gasteiger partial charge in [0.1, 0.15) is 50.7 Å². The topological polar surface area (TPSA) is 158 Å². The van der Waals surface area contributed by atoms with E-state index in [1.54, 1.807) is 17.9 Å². The summed E-state index contributed by atoms with van der Waals surface area (Å²) in [5, 5.41) is 53.7. The standard InChI is InChI=1S/C25H48O7.C16H15F2N3Si/c1-3-4-5-6-7-8-9-10-11-12-13-14-15-16-17-20(2)25(31)32-24(22(29)19-27)23(30)21(28)18-26;1-22(12-21-11-19-10-20-21,15-6-2-13(17)3-7-15)16-8-4-14(18)5-9-16/h10-11,20-24,26-30H,3-9,12-19H2,1-2H3;2-11H,12H2,1H3/b11-10-;/t20?,21-,22+,23+,24+;/m0./s1. The van der Waals surface area contributed by atoms with Crippen molar-refractivity contribution in [2.24, 2.45) is 5.92 Å².